The van der Waals surface area contributed by atoms with Crippen LogP contribution in [0.2, 0.25) is 0 Å². The molecule has 1 aliphatic rings. The normalized spacial score (nSPS) is 13.6. The molecule has 4 N–H and O–H groups in total. The number of carbonyl (C=O) groups excluding carboxylic acids is 1. The van der Waals surface area contributed by atoms with E-state index in [2.05, 4.69) is 10.0 Å². The highest BCUT2D eigenvalue weighted by Gasteiger charge is 2.18. The summed E-state index contributed by atoms with van der Waals surface area (Å²) in [6.07, 6.45) is 0.813. The number of amides is 1. The summed E-state index contributed by atoms with van der Waals surface area (Å²) >= 11 is 1.45. The fraction of sp³-hybridized carbons (Fsp3) is 0.312. The molecule has 0 saturated heterocycles. The third kappa shape index (κ3) is 4.81. The Morgan fingerprint density at radius 2 is 2.12 bits per heavy atom. The molecule has 1 aliphatic heterocycles. The highest BCUT2D eigenvalue weighted by molar-refractivity contribution is 7.89. The third-order valence-electron chi connectivity index (χ3n) is 3.69. The number of sulfonamides is 1. The molecule has 1 aromatic heterocycles. The lowest BCUT2D eigenvalue weighted by atomic mass is 10.2. The lowest BCUT2D eigenvalue weighted by molar-refractivity contribution is 0.102. The van der Waals surface area contributed by atoms with Crippen molar-refractivity contribution < 1.29 is 17.9 Å². The van der Waals surface area contributed by atoms with E-state index in [0.717, 1.165) is 12.0 Å². The molecular weight excluding hydrogens is 398 g/mol. The summed E-state index contributed by atoms with van der Waals surface area (Å²) in [5.74, 6) is -0.260. The van der Waals surface area contributed by atoms with Crippen molar-refractivity contribution in [3.05, 3.63) is 45.6 Å². The average Bonchev–Trinajstić information content (AvgIpc) is 3.04. The van der Waals surface area contributed by atoms with Crippen molar-refractivity contribution in [1.29, 1.82) is 0 Å². The minimum Gasteiger partial charge on any atom is -0.376 e. The fourth-order valence-electron chi connectivity index (χ4n) is 2.47. The number of thiophene rings is 1. The summed E-state index contributed by atoms with van der Waals surface area (Å²) in [5, 5.41) is 2.75. The van der Waals surface area contributed by atoms with E-state index in [1.807, 2.05) is 6.07 Å². The van der Waals surface area contributed by atoms with E-state index in [1.54, 1.807) is 12.1 Å². The van der Waals surface area contributed by atoms with Crippen LogP contribution in [-0.4, -0.2) is 34.0 Å². The summed E-state index contributed by atoms with van der Waals surface area (Å²) in [4.78, 5) is 14.3. The highest BCUT2D eigenvalue weighted by Crippen LogP contribution is 2.27. The molecular formula is C16H20ClN3O4S2. The molecule has 1 amide bonds. The number of carbonyl (C=O) groups is 1. The Morgan fingerprint density at radius 1 is 1.31 bits per heavy atom. The Morgan fingerprint density at radius 3 is 2.85 bits per heavy atom. The van der Waals surface area contributed by atoms with Gasteiger partial charge in [0.2, 0.25) is 10.0 Å². The first-order chi connectivity index (χ1) is 12.0. The summed E-state index contributed by atoms with van der Waals surface area (Å²) in [7, 11) is -3.64. The van der Waals surface area contributed by atoms with Gasteiger partial charge in [0.05, 0.1) is 23.0 Å². The van der Waals surface area contributed by atoms with Gasteiger partial charge < -0.3 is 15.8 Å². The van der Waals surface area contributed by atoms with Gasteiger partial charge in [0, 0.05) is 30.1 Å². The zero-order valence-corrected chi connectivity index (χ0v) is 16.3. The second-order valence-corrected chi connectivity index (χ2v) is 8.43. The highest BCUT2D eigenvalue weighted by atomic mass is 35.5. The van der Waals surface area contributed by atoms with Crippen LogP contribution in [0.25, 0.3) is 0 Å². The van der Waals surface area contributed by atoms with Gasteiger partial charge in [-0.25, -0.2) is 13.1 Å². The summed E-state index contributed by atoms with van der Waals surface area (Å²) in [5.41, 5.74) is 6.79. The number of fused-ring (bicyclic) bond motifs is 1. The molecule has 26 heavy (non-hydrogen) atoms. The monoisotopic (exact) mass is 417 g/mol. The van der Waals surface area contributed by atoms with Crippen LogP contribution < -0.4 is 15.8 Å². The average molecular weight is 418 g/mol. The van der Waals surface area contributed by atoms with Gasteiger partial charge in [0.15, 0.2) is 0 Å². The van der Waals surface area contributed by atoms with E-state index < -0.39 is 10.0 Å². The number of anilines is 1. The Balaban J connectivity index is 0.00000243. The van der Waals surface area contributed by atoms with E-state index in [1.165, 1.54) is 28.3 Å². The van der Waals surface area contributed by atoms with Gasteiger partial charge in [0.1, 0.15) is 0 Å². The molecule has 142 valence electrons. The lowest BCUT2D eigenvalue weighted by Gasteiger charge is -2.10. The molecule has 0 unspecified atom stereocenters. The van der Waals surface area contributed by atoms with Crippen LogP contribution in [0.1, 0.15) is 20.1 Å². The van der Waals surface area contributed by atoms with Crippen LogP contribution in [0, 0.1) is 0 Å². The predicted molar refractivity (Wildman–Crippen MR) is 104 cm³/mol. The van der Waals surface area contributed by atoms with E-state index >= 15 is 0 Å². The van der Waals surface area contributed by atoms with Crippen LogP contribution in [-0.2, 0) is 27.8 Å². The Kier molecular flexibility index (Phi) is 7.16. The Bertz CT molecular complexity index is 860. The SMILES string of the molecule is Cl.NCCNS(=O)(=O)c1cccc(NC(=O)c2cc3c(s2)CCOC3)c1. The molecule has 0 aliphatic carbocycles. The lowest BCUT2D eigenvalue weighted by Crippen LogP contribution is -2.29. The number of hydrogen-bond acceptors (Lipinski definition) is 6. The first-order valence-electron chi connectivity index (χ1n) is 7.80. The third-order valence-corrected chi connectivity index (χ3v) is 6.38. The van der Waals surface area contributed by atoms with Crippen LogP contribution in [0.15, 0.2) is 35.2 Å². The van der Waals surface area contributed by atoms with Gasteiger partial charge in [-0.2, -0.15) is 0 Å². The van der Waals surface area contributed by atoms with Gasteiger partial charge in [-0.05, 0) is 29.8 Å². The molecule has 0 fully saturated rings. The van der Waals surface area contributed by atoms with Gasteiger partial charge >= 0.3 is 0 Å². The standard InChI is InChI=1S/C16H19N3O4S2.ClH/c17-5-6-18-25(21,22)13-3-1-2-12(9-13)19-16(20)15-8-11-10-23-7-4-14(11)24-15;/h1-3,8-9,18H,4-7,10,17H2,(H,19,20);1H. The smallest absolute Gasteiger partial charge is 0.265 e. The molecule has 7 nitrogen and oxygen atoms in total. The molecule has 0 radical (unpaired) electrons. The molecule has 0 bridgehead atoms. The number of halogens is 1. The molecule has 1 aromatic carbocycles. The minimum absolute atomic E-state index is 0. The predicted octanol–water partition coefficient (Wildman–Crippen LogP) is 1.73. The van der Waals surface area contributed by atoms with Gasteiger partial charge in [-0.15, -0.1) is 23.7 Å². The zero-order valence-electron chi connectivity index (χ0n) is 13.9. The molecule has 0 atom stereocenters. The van der Waals surface area contributed by atoms with Gasteiger partial charge in [-0.3, -0.25) is 4.79 Å². The molecule has 0 spiro atoms. The van der Waals surface area contributed by atoms with Crippen molar-refractivity contribution >= 4 is 45.4 Å². The number of nitrogens with one attached hydrogen (secondary N) is 2. The summed E-state index contributed by atoms with van der Waals surface area (Å²) in [6.45, 7) is 1.56. The van der Waals surface area contributed by atoms with E-state index in [4.69, 9.17) is 10.5 Å². The van der Waals surface area contributed by atoms with E-state index in [0.29, 0.717) is 23.8 Å². The van der Waals surface area contributed by atoms with E-state index in [9.17, 15) is 13.2 Å². The summed E-state index contributed by atoms with van der Waals surface area (Å²) < 4.78 is 32.1. The maximum Gasteiger partial charge on any atom is 0.265 e. The number of hydrogen-bond donors (Lipinski definition) is 3. The minimum atomic E-state index is -3.64. The summed E-state index contributed by atoms with van der Waals surface area (Å²) in [6, 6.07) is 7.96. The zero-order chi connectivity index (χ0) is 17.9. The second-order valence-electron chi connectivity index (χ2n) is 5.53. The Labute approximate surface area is 162 Å². The van der Waals surface area contributed by atoms with Crippen molar-refractivity contribution in [3.8, 4) is 0 Å². The van der Waals surface area contributed by atoms with Crippen molar-refractivity contribution in [3.63, 3.8) is 0 Å². The second kappa shape index (κ2) is 8.94. The number of rotatable bonds is 6. The number of nitrogens with two attached hydrogens (primary N) is 1. The topological polar surface area (TPSA) is 111 Å². The van der Waals surface area contributed by atoms with Crippen molar-refractivity contribution in [2.75, 3.05) is 25.0 Å². The molecule has 0 saturated carbocycles. The van der Waals surface area contributed by atoms with Crippen molar-refractivity contribution in [1.82, 2.24) is 4.72 Å². The molecule has 3 rings (SSSR count). The number of ether oxygens (including phenoxy) is 1. The van der Waals surface area contributed by atoms with Crippen LogP contribution in [0.3, 0.4) is 0 Å². The van der Waals surface area contributed by atoms with Gasteiger partial charge in [0.25, 0.3) is 5.91 Å². The fourth-order valence-corrected chi connectivity index (χ4v) is 4.61. The van der Waals surface area contributed by atoms with Crippen LogP contribution in [0.4, 0.5) is 5.69 Å². The van der Waals surface area contributed by atoms with Crippen molar-refractivity contribution in [2.24, 2.45) is 5.73 Å². The molecule has 10 heteroatoms. The van der Waals surface area contributed by atoms with Crippen LogP contribution >= 0.6 is 23.7 Å². The Hall–Kier alpha value is -1.49. The number of benzene rings is 1. The first kappa shape index (κ1) is 20.8. The molecule has 2 aromatic rings. The van der Waals surface area contributed by atoms with E-state index in [-0.39, 0.29) is 36.3 Å². The van der Waals surface area contributed by atoms with Crippen LogP contribution in [0.5, 0.6) is 0 Å². The van der Waals surface area contributed by atoms with Gasteiger partial charge in [-0.1, -0.05) is 6.07 Å². The quantitative estimate of drug-likeness (QED) is 0.662. The largest absolute Gasteiger partial charge is 0.376 e. The maximum absolute atomic E-state index is 12.4. The maximum atomic E-state index is 12.4. The van der Waals surface area contributed by atoms with Crippen molar-refractivity contribution in [2.45, 2.75) is 17.9 Å². The molecule has 2 heterocycles. The first-order valence-corrected chi connectivity index (χ1v) is 10.1.